The van der Waals surface area contributed by atoms with E-state index in [1.165, 1.54) is 10.8 Å². The molecule has 114 valence electrons. The highest BCUT2D eigenvalue weighted by atomic mass is 31.1. The van der Waals surface area contributed by atoms with Gasteiger partial charge >= 0.3 is 7.80 Å². The van der Waals surface area contributed by atoms with E-state index in [2.05, 4.69) is 36.4 Å². The van der Waals surface area contributed by atoms with Crippen LogP contribution in [0.2, 0.25) is 0 Å². The smallest absolute Gasteiger partial charge is 0.0619 e. The van der Waals surface area contributed by atoms with Gasteiger partial charge in [-0.25, -0.2) is 0 Å². The van der Waals surface area contributed by atoms with Gasteiger partial charge in [-0.05, 0) is 46.7 Å². The SMILES string of the molecule is O=[P+](c1ccccc1)c1ccccc1-c1ccc2ccccc2c1. The van der Waals surface area contributed by atoms with Gasteiger partial charge in [0.05, 0.1) is 0 Å². The lowest BCUT2D eigenvalue weighted by Gasteiger charge is -2.05. The lowest BCUT2D eigenvalue weighted by atomic mass is 10.0. The molecule has 0 saturated carbocycles. The number of hydrogen-bond acceptors (Lipinski definition) is 1. The van der Waals surface area contributed by atoms with Gasteiger partial charge in [0.25, 0.3) is 0 Å². The van der Waals surface area contributed by atoms with Gasteiger partial charge in [-0.2, -0.15) is 0 Å². The molecule has 1 nitrogen and oxygen atoms in total. The Labute approximate surface area is 142 Å². The molecule has 0 aliphatic rings. The Morgan fingerprint density at radius 2 is 1.25 bits per heavy atom. The van der Waals surface area contributed by atoms with Crippen molar-refractivity contribution >= 4 is 29.2 Å². The Kier molecular flexibility index (Phi) is 3.94. The summed E-state index contributed by atoms with van der Waals surface area (Å²) >= 11 is 0. The minimum atomic E-state index is -1.61. The van der Waals surface area contributed by atoms with Gasteiger partial charge in [-0.3, -0.25) is 0 Å². The van der Waals surface area contributed by atoms with E-state index in [-0.39, 0.29) is 0 Å². The fourth-order valence-electron chi connectivity index (χ4n) is 2.95. The first kappa shape index (κ1) is 14.8. The Hall–Kier alpha value is -2.76. The zero-order valence-corrected chi connectivity index (χ0v) is 14.0. The molecule has 0 radical (unpaired) electrons. The van der Waals surface area contributed by atoms with Crippen molar-refractivity contribution in [3.63, 3.8) is 0 Å². The van der Waals surface area contributed by atoms with Crippen molar-refractivity contribution in [2.75, 3.05) is 0 Å². The summed E-state index contributed by atoms with van der Waals surface area (Å²) < 4.78 is 13.1. The lowest BCUT2D eigenvalue weighted by Crippen LogP contribution is -2.08. The molecule has 4 rings (SSSR count). The second kappa shape index (κ2) is 6.39. The van der Waals surface area contributed by atoms with Gasteiger partial charge in [-0.15, -0.1) is 0 Å². The van der Waals surface area contributed by atoms with Crippen LogP contribution < -0.4 is 10.6 Å². The van der Waals surface area contributed by atoms with Crippen LogP contribution in [-0.2, 0) is 4.57 Å². The molecule has 1 unspecified atom stereocenters. The summed E-state index contributed by atoms with van der Waals surface area (Å²) in [5.41, 5.74) is 2.14. The fraction of sp³-hybridized carbons (Fsp3) is 0. The summed E-state index contributed by atoms with van der Waals surface area (Å²) in [4.78, 5) is 0. The predicted molar refractivity (Wildman–Crippen MR) is 103 cm³/mol. The van der Waals surface area contributed by atoms with E-state index in [4.69, 9.17) is 0 Å². The van der Waals surface area contributed by atoms with Gasteiger partial charge in [0, 0.05) is 5.56 Å². The van der Waals surface area contributed by atoms with E-state index >= 15 is 0 Å². The molecule has 0 fully saturated rings. The first-order valence-corrected chi connectivity index (χ1v) is 9.19. The topological polar surface area (TPSA) is 17.1 Å². The molecular formula is C22H16OP+. The molecule has 0 amide bonds. The maximum Gasteiger partial charge on any atom is 0.415 e. The second-order valence-electron chi connectivity index (χ2n) is 5.71. The number of fused-ring (bicyclic) bond motifs is 1. The van der Waals surface area contributed by atoms with E-state index in [1.807, 2.05) is 60.7 Å². The van der Waals surface area contributed by atoms with Gasteiger partial charge in [0.2, 0.25) is 5.30 Å². The maximum absolute atomic E-state index is 13.1. The highest BCUT2D eigenvalue weighted by molar-refractivity contribution is 7.61. The molecule has 24 heavy (non-hydrogen) atoms. The minimum absolute atomic E-state index is 0.862. The Bertz CT molecular complexity index is 1020. The summed E-state index contributed by atoms with van der Waals surface area (Å²) in [7, 11) is -1.61. The lowest BCUT2D eigenvalue weighted by molar-refractivity contribution is 0.598. The van der Waals surface area contributed by atoms with Crippen molar-refractivity contribution in [1.29, 1.82) is 0 Å². The largest absolute Gasteiger partial charge is 0.415 e. The van der Waals surface area contributed by atoms with Crippen molar-refractivity contribution in [2.24, 2.45) is 0 Å². The number of rotatable bonds is 3. The van der Waals surface area contributed by atoms with E-state index in [1.54, 1.807) is 0 Å². The van der Waals surface area contributed by atoms with E-state index in [0.717, 1.165) is 21.7 Å². The van der Waals surface area contributed by atoms with Crippen LogP contribution in [0.15, 0.2) is 97.1 Å². The van der Waals surface area contributed by atoms with Crippen molar-refractivity contribution in [2.45, 2.75) is 0 Å². The van der Waals surface area contributed by atoms with Crippen LogP contribution in [-0.4, -0.2) is 0 Å². The van der Waals surface area contributed by atoms with Crippen molar-refractivity contribution in [1.82, 2.24) is 0 Å². The van der Waals surface area contributed by atoms with Crippen LogP contribution in [0.3, 0.4) is 0 Å². The molecular weight excluding hydrogens is 311 g/mol. The molecule has 0 bridgehead atoms. The van der Waals surface area contributed by atoms with Gasteiger partial charge < -0.3 is 0 Å². The molecule has 0 aliphatic heterocycles. The van der Waals surface area contributed by atoms with Crippen LogP contribution in [0.4, 0.5) is 0 Å². The van der Waals surface area contributed by atoms with Crippen LogP contribution in [0.1, 0.15) is 0 Å². The van der Waals surface area contributed by atoms with Gasteiger partial charge in [0.15, 0.2) is 5.30 Å². The van der Waals surface area contributed by atoms with Crippen molar-refractivity contribution in [3.05, 3.63) is 97.1 Å². The van der Waals surface area contributed by atoms with Crippen molar-refractivity contribution in [3.8, 4) is 11.1 Å². The fourth-order valence-corrected chi connectivity index (χ4v) is 4.32. The summed E-state index contributed by atoms with van der Waals surface area (Å²) in [5.74, 6) is 0. The summed E-state index contributed by atoms with van der Waals surface area (Å²) in [5, 5.41) is 4.15. The molecule has 1 atom stereocenters. The van der Waals surface area contributed by atoms with Crippen LogP contribution in [0.5, 0.6) is 0 Å². The molecule has 0 aromatic heterocycles. The van der Waals surface area contributed by atoms with Gasteiger partial charge in [0.1, 0.15) is 0 Å². The number of benzene rings is 4. The third-order valence-electron chi connectivity index (χ3n) is 4.17. The number of hydrogen-bond donors (Lipinski definition) is 0. The molecule has 0 heterocycles. The van der Waals surface area contributed by atoms with Crippen LogP contribution >= 0.6 is 7.80 Å². The van der Waals surface area contributed by atoms with E-state index < -0.39 is 7.80 Å². The van der Waals surface area contributed by atoms with E-state index in [9.17, 15) is 4.57 Å². The molecule has 0 spiro atoms. The molecule has 4 aromatic carbocycles. The quantitative estimate of drug-likeness (QED) is 0.468. The summed E-state index contributed by atoms with van der Waals surface area (Å²) in [6.07, 6.45) is 0. The molecule has 0 saturated heterocycles. The average Bonchev–Trinajstić information content (AvgIpc) is 2.68. The van der Waals surface area contributed by atoms with E-state index in [0.29, 0.717) is 0 Å². The molecule has 0 N–H and O–H groups in total. The van der Waals surface area contributed by atoms with Crippen LogP contribution in [0.25, 0.3) is 21.9 Å². The molecule has 4 aromatic rings. The first-order valence-electron chi connectivity index (χ1n) is 7.93. The van der Waals surface area contributed by atoms with Crippen LogP contribution in [0, 0.1) is 0 Å². The minimum Gasteiger partial charge on any atom is -0.0619 e. The highest BCUT2D eigenvalue weighted by Gasteiger charge is 2.26. The second-order valence-corrected chi connectivity index (χ2v) is 7.30. The normalized spacial score (nSPS) is 11.4. The van der Waals surface area contributed by atoms with Gasteiger partial charge in [-0.1, -0.05) is 71.3 Å². The third kappa shape index (κ3) is 2.75. The standard InChI is InChI=1S/C22H16OP/c23-24(20-10-2-1-3-11-20)22-13-7-6-12-21(22)19-15-14-17-8-4-5-9-18(17)16-19/h1-16H/q+1. The zero-order valence-electron chi connectivity index (χ0n) is 13.1. The molecule has 0 aliphatic carbocycles. The summed E-state index contributed by atoms with van der Waals surface area (Å²) in [6, 6.07) is 32.3. The zero-order chi connectivity index (χ0) is 16.4. The summed E-state index contributed by atoms with van der Waals surface area (Å²) in [6.45, 7) is 0. The first-order chi connectivity index (χ1) is 11.8. The monoisotopic (exact) mass is 327 g/mol. The Balaban J connectivity index is 1.85. The van der Waals surface area contributed by atoms with Crippen molar-refractivity contribution < 1.29 is 4.57 Å². The Morgan fingerprint density at radius 1 is 0.583 bits per heavy atom. The maximum atomic E-state index is 13.1. The highest BCUT2D eigenvalue weighted by Crippen LogP contribution is 2.29. The third-order valence-corrected chi connectivity index (χ3v) is 5.77. The Morgan fingerprint density at radius 3 is 2.08 bits per heavy atom. The predicted octanol–water partition coefficient (Wildman–Crippen LogP) is 5.29. The average molecular weight is 327 g/mol. The molecule has 2 heteroatoms.